The molecule has 1 unspecified atom stereocenters. The molecule has 0 amide bonds. The van der Waals surface area contributed by atoms with Crippen molar-refractivity contribution in [3.63, 3.8) is 0 Å². The van der Waals surface area contributed by atoms with E-state index in [0.29, 0.717) is 24.5 Å². The van der Waals surface area contributed by atoms with Crippen molar-refractivity contribution in [2.45, 2.75) is 38.3 Å². The summed E-state index contributed by atoms with van der Waals surface area (Å²) in [5.41, 5.74) is 7.33. The molecule has 0 fully saturated rings. The van der Waals surface area contributed by atoms with Gasteiger partial charge in [0, 0.05) is 24.3 Å². The number of aromatic amines is 1. The number of rotatable bonds is 6. The lowest BCUT2D eigenvalue weighted by Gasteiger charge is -2.13. The summed E-state index contributed by atoms with van der Waals surface area (Å²) in [5, 5.41) is 10.7. The van der Waals surface area contributed by atoms with Crippen molar-refractivity contribution in [1.82, 2.24) is 24.7 Å². The van der Waals surface area contributed by atoms with Crippen LogP contribution in [0.15, 0.2) is 17.3 Å². The average Bonchev–Trinajstić information content (AvgIpc) is 2.98. The van der Waals surface area contributed by atoms with Crippen molar-refractivity contribution >= 4 is 10.0 Å². The Bertz CT molecular complexity index is 704. The van der Waals surface area contributed by atoms with Crippen molar-refractivity contribution in [1.29, 1.82) is 0 Å². The fourth-order valence-electron chi connectivity index (χ4n) is 2.27. The van der Waals surface area contributed by atoms with Gasteiger partial charge in [-0.05, 0) is 20.8 Å². The van der Waals surface area contributed by atoms with Crippen molar-refractivity contribution in [3.05, 3.63) is 29.3 Å². The van der Waals surface area contributed by atoms with Crippen LogP contribution in [0.4, 0.5) is 0 Å². The largest absolute Gasteiger partial charge is 0.329 e. The summed E-state index contributed by atoms with van der Waals surface area (Å²) in [7, 11) is -3.66. The standard InChI is InChI=1S/C12H20N6O2S/c1-8(11-6-14-15-7-11)17-21(19,20)12-9(2)16-18(5-4-13)10(12)3/h6-8,17H,4-5,13H2,1-3H3,(H,14,15). The lowest BCUT2D eigenvalue weighted by molar-refractivity contribution is 0.564. The molecular weight excluding hydrogens is 292 g/mol. The number of H-pyrrole nitrogens is 1. The Kier molecular flexibility index (Phi) is 4.45. The van der Waals surface area contributed by atoms with Crippen LogP contribution in [-0.4, -0.2) is 34.9 Å². The first-order chi connectivity index (χ1) is 9.86. The molecule has 0 radical (unpaired) electrons. The Hall–Kier alpha value is -1.71. The molecule has 8 nitrogen and oxygen atoms in total. The SMILES string of the molecule is Cc1nn(CCN)c(C)c1S(=O)(=O)NC(C)c1cn[nH]c1. The molecule has 0 aliphatic heterocycles. The molecule has 0 aromatic carbocycles. The molecule has 0 aliphatic carbocycles. The van der Waals surface area contributed by atoms with Crippen LogP contribution < -0.4 is 10.5 Å². The zero-order chi connectivity index (χ0) is 15.6. The van der Waals surface area contributed by atoms with Gasteiger partial charge in [-0.3, -0.25) is 9.78 Å². The van der Waals surface area contributed by atoms with Crippen molar-refractivity contribution in [2.75, 3.05) is 6.54 Å². The molecule has 0 aliphatic rings. The van der Waals surface area contributed by atoms with E-state index in [1.165, 1.54) is 0 Å². The Morgan fingerprint density at radius 2 is 2.19 bits per heavy atom. The molecule has 21 heavy (non-hydrogen) atoms. The maximum absolute atomic E-state index is 12.6. The molecule has 4 N–H and O–H groups in total. The fourth-order valence-corrected chi connectivity index (χ4v) is 3.91. The van der Waals surface area contributed by atoms with E-state index in [-0.39, 0.29) is 10.9 Å². The molecule has 9 heteroatoms. The average molecular weight is 312 g/mol. The summed E-state index contributed by atoms with van der Waals surface area (Å²) < 4.78 is 29.4. The predicted octanol–water partition coefficient (Wildman–Crippen LogP) is 0.221. The maximum atomic E-state index is 12.6. The molecule has 0 saturated carbocycles. The second-order valence-corrected chi connectivity index (χ2v) is 6.54. The number of hydrogen-bond acceptors (Lipinski definition) is 5. The van der Waals surface area contributed by atoms with E-state index in [0.717, 1.165) is 5.56 Å². The normalized spacial score (nSPS) is 13.5. The third-order valence-corrected chi connectivity index (χ3v) is 5.07. The van der Waals surface area contributed by atoms with Gasteiger partial charge in [-0.25, -0.2) is 13.1 Å². The topological polar surface area (TPSA) is 119 Å². The monoisotopic (exact) mass is 312 g/mol. The van der Waals surface area contributed by atoms with Gasteiger partial charge in [0.15, 0.2) is 0 Å². The minimum Gasteiger partial charge on any atom is -0.329 e. The molecule has 0 spiro atoms. The second kappa shape index (κ2) is 5.96. The van der Waals surface area contributed by atoms with Crippen LogP contribution in [0.2, 0.25) is 0 Å². The summed E-state index contributed by atoms with van der Waals surface area (Å²) in [6, 6.07) is -0.384. The van der Waals surface area contributed by atoms with Gasteiger partial charge >= 0.3 is 0 Å². The van der Waals surface area contributed by atoms with Crippen LogP contribution in [0.3, 0.4) is 0 Å². The zero-order valence-electron chi connectivity index (χ0n) is 12.3. The molecule has 2 aromatic rings. The Labute approximate surface area is 123 Å². The van der Waals surface area contributed by atoms with Gasteiger partial charge in [-0.1, -0.05) is 0 Å². The number of aryl methyl sites for hydroxylation is 1. The predicted molar refractivity (Wildman–Crippen MR) is 78.1 cm³/mol. The molecule has 2 aromatic heterocycles. The van der Waals surface area contributed by atoms with E-state index in [1.807, 2.05) is 0 Å². The third kappa shape index (κ3) is 3.14. The van der Waals surface area contributed by atoms with Crippen molar-refractivity contribution < 1.29 is 8.42 Å². The molecule has 0 bridgehead atoms. The molecular formula is C12H20N6O2S. The van der Waals surface area contributed by atoms with Gasteiger partial charge in [0.1, 0.15) is 4.90 Å². The van der Waals surface area contributed by atoms with Crippen LogP contribution in [0.25, 0.3) is 0 Å². The van der Waals surface area contributed by atoms with E-state index >= 15 is 0 Å². The van der Waals surface area contributed by atoms with E-state index in [4.69, 9.17) is 5.73 Å². The van der Waals surface area contributed by atoms with Crippen LogP contribution in [0, 0.1) is 13.8 Å². The van der Waals surface area contributed by atoms with Crippen molar-refractivity contribution in [2.24, 2.45) is 5.73 Å². The quantitative estimate of drug-likeness (QED) is 0.705. The molecule has 2 rings (SSSR count). The highest BCUT2D eigenvalue weighted by molar-refractivity contribution is 7.89. The van der Waals surface area contributed by atoms with Gasteiger partial charge in [0.25, 0.3) is 0 Å². The first kappa shape index (κ1) is 15.7. The highest BCUT2D eigenvalue weighted by atomic mass is 32.2. The smallest absolute Gasteiger partial charge is 0.244 e. The number of nitrogens with one attached hydrogen (secondary N) is 2. The van der Waals surface area contributed by atoms with Crippen LogP contribution in [0.1, 0.15) is 29.9 Å². The minimum absolute atomic E-state index is 0.214. The van der Waals surface area contributed by atoms with Crippen LogP contribution >= 0.6 is 0 Å². The number of aromatic nitrogens is 4. The van der Waals surface area contributed by atoms with Gasteiger partial charge in [-0.15, -0.1) is 0 Å². The number of hydrogen-bond donors (Lipinski definition) is 3. The number of sulfonamides is 1. The van der Waals surface area contributed by atoms with E-state index in [2.05, 4.69) is 20.0 Å². The lowest BCUT2D eigenvalue weighted by atomic mass is 10.2. The van der Waals surface area contributed by atoms with Crippen LogP contribution in [0.5, 0.6) is 0 Å². The summed E-state index contributed by atoms with van der Waals surface area (Å²) in [5.74, 6) is 0. The zero-order valence-corrected chi connectivity index (χ0v) is 13.1. The first-order valence-corrected chi connectivity index (χ1v) is 8.10. The van der Waals surface area contributed by atoms with E-state index < -0.39 is 10.0 Å². The van der Waals surface area contributed by atoms with Gasteiger partial charge in [0.2, 0.25) is 10.0 Å². The van der Waals surface area contributed by atoms with Gasteiger partial charge < -0.3 is 5.73 Å². The molecule has 116 valence electrons. The summed E-state index contributed by atoms with van der Waals surface area (Å²) in [6.45, 7) is 6.06. The summed E-state index contributed by atoms with van der Waals surface area (Å²) in [6.07, 6.45) is 3.25. The highest BCUT2D eigenvalue weighted by Crippen LogP contribution is 2.22. The summed E-state index contributed by atoms with van der Waals surface area (Å²) in [4.78, 5) is 0.214. The van der Waals surface area contributed by atoms with E-state index in [9.17, 15) is 8.42 Å². The molecule has 2 heterocycles. The minimum atomic E-state index is -3.66. The highest BCUT2D eigenvalue weighted by Gasteiger charge is 2.26. The molecule has 1 atom stereocenters. The van der Waals surface area contributed by atoms with E-state index in [1.54, 1.807) is 37.8 Å². The Balaban J connectivity index is 2.32. The van der Waals surface area contributed by atoms with Crippen molar-refractivity contribution in [3.8, 4) is 0 Å². The second-order valence-electron chi connectivity index (χ2n) is 4.89. The number of nitrogens with two attached hydrogens (primary N) is 1. The third-order valence-electron chi connectivity index (χ3n) is 3.28. The fraction of sp³-hybridized carbons (Fsp3) is 0.500. The summed E-state index contributed by atoms with van der Waals surface area (Å²) >= 11 is 0. The molecule has 0 saturated heterocycles. The number of nitrogens with zero attached hydrogens (tertiary/aromatic N) is 3. The first-order valence-electron chi connectivity index (χ1n) is 6.62. The van der Waals surface area contributed by atoms with Crippen LogP contribution in [-0.2, 0) is 16.6 Å². The Morgan fingerprint density at radius 3 is 2.76 bits per heavy atom. The lowest BCUT2D eigenvalue weighted by Crippen LogP contribution is -2.27. The van der Waals surface area contributed by atoms with Gasteiger partial charge in [-0.2, -0.15) is 10.2 Å². The Morgan fingerprint density at radius 1 is 1.48 bits per heavy atom. The van der Waals surface area contributed by atoms with Gasteiger partial charge in [0.05, 0.1) is 24.1 Å². The maximum Gasteiger partial charge on any atom is 0.244 e.